The van der Waals surface area contributed by atoms with Gasteiger partial charge in [0.05, 0.1) is 54.8 Å². The fourth-order valence-corrected chi connectivity index (χ4v) is 13.7. The Morgan fingerprint density at radius 3 is 1.78 bits per heavy atom. The van der Waals surface area contributed by atoms with Gasteiger partial charge >= 0.3 is 0 Å². The van der Waals surface area contributed by atoms with Crippen molar-refractivity contribution in [3.63, 3.8) is 0 Å². The summed E-state index contributed by atoms with van der Waals surface area (Å²) in [5.74, 6) is -14.4. The molecule has 12 atom stereocenters. The second-order valence-corrected chi connectivity index (χ2v) is 30.8. The number of ketones is 6. The topological polar surface area (TPSA) is 498 Å². The van der Waals surface area contributed by atoms with Crippen LogP contribution >= 0.6 is 0 Å². The number of hydrogen-bond donors (Lipinski definition) is 14. The summed E-state index contributed by atoms with van der Waals surface area (Å²) in [6.07, 6.45) is 2.78. The summed E-state index contributed by atoms with van der Waals surface area (Å²) in [4.78, 5) is 198. The van der Waals surface area contributed by atoms with Crippen LogP contribution < -0.4 is 70.2 Å². The molecule has 0 radical (unpaired) electrons. The molecule has 30 heteroatoms. The summed E-state index contributed by atoms with van der Waals surface area (Å²) in [5.41, 5.74) is 26.7. The van der Waals surface area contributed by atoms with E-state index in [1.807, 2.05) is 25.1 Å². The van der Waals surface area contributed by atoms with Crippen molar-refractivity contribution in [2.75, 3.05) is 59.1 Å². The van der Waals surface area contributed by atoms with E-state index in [4.69, 9.17) is 32.4 Å². The Labute approximate surface area is 683 Å². The predicted octanol–water partition coefficient (Wildman–Crippen LogP) is 4.68. The lowest BCUT2D eigenvalue weighted by Crippen LogP contribution is -2.57. The van der Waals surface area contributed by atoms with E-state index in [2.05, 4.69) is 49.5 Å². The van der Waals surface area contributed by atoms with Crippen molar-refractivity contribution >= 4 is 82.0 Å². The third-order valence-corrected chi connectivity index (χ3v) is 20.5. The second kappa shape index (κ2) is 55.6. The summed E-state index contributed by atoms with van der Waals surface area (Å²) in [6.45, 7) is 9.10. The lowest BCUT2D eigenvalue weighted by Gasteiger charge is -2.28. The normalized spacial score (nSPS) is 19.7. The smallest absolute Gasteiger partial charge is 0.243 e. The molecule has 1 heterocycles. The van der Waals surface area contributed by atoms with Crippen molar-refractivity contribution < 1.29 is 86.8 Å². The molecule has 18 N–H and O–H groups in total. The van der Waals surface area contributed by atoms with Crippen LogP contribution in [0.15, 0.2) is 78.9 Å². The van der Waals surface area contributed by atoms with Gasteiger partial charge in [-0.1, -0.05) is 133 Å². The van der Waals surface area contributed by atoms with Gasteiger partial charge in [0.2, 0.25) is 47.3 Å². The molecule has 1 aliphatic rings. The second-order valence-electron chi connectivity index (χ2n) is 30.8. The highest BCUT2D eigenvalue weighted by Gasteiger charge is 2.39. The van der Waals surface area contributed by atoms with Gasteiger partial charge in [-0.15, -0.1) is 0 Å². The molecule has 3 aromatic rings. The van der Waals surface area contributed by atoms with Gasteiger partial charge in [0.25, 0.3) is 0 Å². The molecule has 1 saturated heterocycles. The van der Waals surface area contributed by atoms with Gasteiger partial charge in [-0.05, 0) is 151 Å². The maximum Gasteiger partial charge on any atom is 0.243 e. The highest BCUT2D eigenvalue weighted by atomic mass is 16.5. The molecule has 30 nitrogen and oxygen atoms in total. The largest absolute Gasteiger partial charge is 0.486 e. The van der Waals surface area contributed by atoms with E-state index in [0.29, 0.717) is 36.1 Å². The first-order valence-electron chi connectivity index (χ1n) is 41.7. The number of unbranched alkanes of at least 4 members (excludes halogenated alkanes) is 7. The number of nitrogens with one attached hydrogen (secondary N) is 8. The summed E-state index contributed by atoms with van der Waals surface area (Å²) >= 11 is 0. The van der Waals surface area contributed by atoms with E-state index in [0.717, 1.165) is 62.5 Å². The number of hydrogen-bond acceptors (Lipinski definition) is 22. The highest BCUT2D eigenvalue weighted by Crippen LogP contribution is 2.26. The molecule has 0 aromatic heterocycles. The number of benzene rings is 3. The van der Waals surface area contributed by atoms with Crippen LogP contribution in [0.1, 0.15) is 218 Å². The average Bonchev–Trinajstić information content (AvgIpc) is 0.922. The number of amides is 8. The number of carbonyl (C=O) groups is 14. The molecule has 116 heavy (non-hydrogen) atoms. The molecular weight excluding hydrogens is 1490 g/mol. The van der Waals surface area contributed by atoms with E-state index in [1.165, 1.54) is 13.8 Å². The molecular formula is C86H132N12O18. The lowest BCUT2D eigenvalue weighted by atomic mass is 9.88. The number of aliphatic hydroxyl groups excluding tert-OH is 2. The monoisotopic (exact) mass is 1620 g/mol. The SMILES string of the molecule is CCCCCCCCCCC(=O)N[C@@H](CCN)C(=O)C[C@H](C(=O)N[C@@H](CCNC(=O)CCOCCCC(=O)c1cccc(-c2ccc(OCC(=O)CCC)cc2)c1)C(=O)C[C@H]1CCNC(=O)[C@H]([C@@H](C)O)CC(=O)[C@H](CCN)NC(=O)[C@H](CCN)NC(=O)[C@H](CC(C)C)NC(=O)[C@@H](Cc2ccccc2)CC(=O)[C@H](CCN)NC1=O)[C@@H](C)O. The van der Waals surface area contributed by atoms with Crippen molar-refractivity contribution in [3.8, 4) is 16.9 Å². The minimum Gasteiger partial charge on any atom is -0.486 e. The molecule has 644 valence electrons. The Bertz CT molecular complexity index is 3600. The van der Waals surface area contributed by atoms with Crippen LogP contribution in [-0.2, 0) is 73.5 Å². The van der Waals surface area contributed by atoms with Crippen molar-refractivity contribution in [3.05, 3.63) is 90.0 Å². The third kappa shape index (κ3) is 37.5. The number of rotatable bonds is 49. The van der Waals surface area contributed by atoms with Gasteiger partial charge in [-0.25, -0.2) is 0 Å². The fourth-order valence-electron chi connectivity index (χ4n) is 13.7. The molecule has 1 fully saturated rings. The molecule has 1 aliphatic heterocycles. The highest BCUT2D eigenvalue weighted by molar-refractivity contribution is 6.00. The van der Waals surface area contributed by atoms with Gasteiger partial charge < -0.3 is 85.2 Å². The molecule has 0 spiro atoms. The number of ether oxygens (including phenoxy) is 2. The molecule has 0 bridgehead atoms. The van der Waals surface area contributed by atoms with Crippen molar-refractivity contribution in [1.82, 2.24) is 42.5 Å². The zero-order chi connectivity index (χ0) is 85.5. The van der Waals surface area contributed by atoms with Gasteiger partial charge in [-0.2, -0.15) is 0 Å². The average molecular weight is 1620 g/mol. The van der Waals surface area contributed by atoms with E-state index >= 15 is 9.59 Å². The van der Waals surface area contributed by atoms with Gasteiger partial charge in [0, 0.05) is 88.5 Å². The van der Waals surface area contributed by atoms with Gasteiger partial charge in [0.15, 0.2) is 34.7 Å². The maximum absolute atomic E-state index is 15.2. The minimum absolute atomic E-state index is 0.00426. The molecule has 0 aliphatic carbocycles. The van der Waals surface area contributed by atoms with Gasteiger partial charge in [0.1, 0.15) is 24.4 Å². The number of nitrogens with two attached hydrogens (primary N) is 4. The minimum atomic E-state index is -1.59. The van der Waals surface area contributed by atoms with Crippen molar-refractivity contribution in [2.45, 2.75) is 257 Å². The summed E-state index contributed by atoms with van der Waals surface area (Å²) < 4.78 is 11.4. The zero-order valence-electron chi connectivity index (χ0n) is 69.0. The third-order valence-electron chi connectivity index (χ3n) is 20.5. The Kier molecular flexibility index (Phi) is 47.6. The molecule has 0 saturated carbocycles. The van der Waals surface area contributed by atoms with Crippen molar-refractivity contribution in [2.24, 2.45) is 52.5 Å². The van der Waals surface area contributed by atoms with E-state index in [1.54, 1.807) is 74.5 Å². The number of aliphatic hydroxyl groups is 2. The van der Waals surface area contributed by atoms with E-state index in [9.17, 15) is 67.7 Å². The first kappa shape index (κ1) is 99.3. The maximum atomic E-state index is 15.2. The van der Waals surface area contributed by atoms with Crippen LogP contribution in [0.5, 0.6) is 5.75 Å². The quantitative estimate of drug-likeness (QED) is 0.0269. The molecule has 0 unspecified atom stereocenters. The van der Waals surface area contributed by atoms with Crippen LogP contribution in [0.4, 0.5) is 0 Å². The van der Waals surface area contributed by atoms with Crippen molar-refractivity contribution in [1.29, 1.82) is 0 Å². The zero-order valence-corrected chi connectivity index (χ0v) is 69.0. The summed E-state index contributed by atoms with van der Waals surface area (Å²) in [6, 6.07) is 15.0. The first-order valence-corrected chi connectivity index (χ1v) is 41.7. The van der Waals surface area contributed by atoms with Crippen LogP contribution in [-0.4, -0.2) is 200 Å². The standard InChI is InChI=1S/C86H132N12O18/c1-7-9-10-11-12-13-14-18-27-80(108)93-68(32-39-87)77(105)53-67(57(6)100)84(112)95-71(37-44-91-79(107)38-46-115-45-20-26-74(102)61-25-19-24-60(49-61)59-28-30-65(31-29-59)116-54-64(101)21-8-2)75(103)50-62-36-43-92-83(111)66(56(5)99)52-78(106)70(34-41-89)96-85(113)72(35-42-90)97-86(114)73(47-55(3)4)98-82(110)63(48-58-22-16-15-17-23-58)51-76(104)69(33-40-88)94-81(62)109/h15-17,19,22-25,28-31,49,55-57,62-63,66-73,99-100H,7-14,18,20-21,26-27,32-48,50-54,87-90H2,1-6H3,(H,91,107)(H,92,111)(H,93,108)(H,94,109)(H,95,112)(H,96,113)(H,97,114)(H,98,110)/t56-,57-,62-,63+,66+,67+,68+,69+,70+,71+,72+,73+/m1/s1. The summed E-state index contributed by atoms with van der Waals surface area (Å²) in [5, 5.41) is 44.0. The van der Waals surface area contributed by atoms with E-state index < -0.39 is 175 Å². The Morgan fingerprint density at radius 2 is 1.16 bits per heavy atom. The Balaban J connectivity index is 1.68. The van der Waals surface area contributed by atoms with Crippen LogP contribution in [0.2, 0.25) is 0 Å². The molecule has 8 amide bonds. The van der Waals surface area contributed by atoms with Crippen LogP contribution in [0.3, 0.4) is 0 Å². The lowest BCUT2D eigenvalue weighted by molar-refractivity contribution is -0.137. The van der Waals surface area contributed by atoms with Gasteiger partial charge in [-0.3, -0.25) is 67.1 Å². The van der Waals surface area contributed by atoms with Crippen LogP contribution in [0, 0.1) is 29.6 Å². The predicted molar refractivity (Wildman–Crippen MR) is 440 cm³/mol. The molecule has 3 aromatic carbocycles. The van der Waals surface area contributed by atoms with Crippen LogP contribution in [0.25, 0.3) is 11.1 Å². The fraction of sp³-hybridized carbons (Fsp3) is 0.628. The van der Waals surface area contributed by atoms with E-state index in [-0.39, 0.29) is 141 Å². The summed E-state index contributed by atoms with van der Waals surface area (Å²) in [7, 11) is 0. The Hall–Kier alpha value is -9.04. The molecule has 4 rings (SSSR count). The first-order chi connectivity index (χ1) is 55.6. The number of carbonyl (C=O) groups excluding carboxylic acids is 14. The Morgan fingerprint density at radius 1 is 0.552 bits per heavy atom. The number of Topliss-reactive ketones (excluding diaryl/α,β-unsaturated/α-hetero) is 6.